The van der Waals surface area contributed by atoms with Gasteiger partial charge in [0.1, 0.15) is 0 Å². The van der Waals surface area contributed by atoms with Crippen molar-refractivity contribution in [3.8, 4) is 0 Å². The normalized spacial score (nSPS) is 21.4. The molecule has 0 spiro atoms. The standard InChI is InChI=1S/C19H31NO/c1-14(2)12-16-7-9-17(10-8-16)19(21)13-20-11-5-6-18(20)15(3)4/h7-10,14-15,18-19,21H,5-6,11-13H2,1-4H3. The second-order valence-corrected chi connectivity index (χ2v) is 7.30. The van der Waals surface area contributed by atoms with E-state index in [-0.39, 0.29) is 6.10 Å². The van der Waals surface area contributed by atoms with Gasteiger partial charge in [0, 0.05) is 12.6 Å². The number of likely N-dealkylation sites (tertiary alicyclic amines) is 1. The van der Waals surface area contributed by atoms with Gasteiger partial charge in [-0.15, -0.1) is 0 Å². The Morgan fingerprint density at radius 2 is 1.81 bits per heavy atom. The van der Waals surface area contributed by atoms with E-state index in [1.165, 1.54) is 18.4 Å². The number of rotatable bonds is 6. The van der Waals surface area contributed by atoms with E-state index >= 15 is 0 Å². The van der Waals surface area contributed by atoms with E-state index in [1.54, 1.807) is 0 Å². The van der Waals surface area contributed by atoms with Gasteiger partial charge in [0.05, 0.1) is 6.10 Å². The molecular weight excluding hydrogens is 258 g/mol. The minimum Gasteiger partial charge on any atom is -0.387 e. The summed E-state index contributed by atoms with van der Waals surface area (Å²) in [6, 6.07) is 9.18. The van der Waals surface area contributed by atoms with Crippen molar-refractivity contribution in [3.63, 3.8) is 0 Å². The van der Waals surface area contributed by atoms with Crippen LogP contribution in [-0.4, -0.2) is 29.1 Å². The van der Waals surface area contributed by atoms with Gasteiger partial charge in [0.25, 0.3) is 0 Å². The Morgan fingerprint density at radius 1 is 1.14 bits per heavy atom. The van der Waals surface area contributed by atoms with E-state index in [2.05, 4.69) is 56.9 Å². The molecule has 0 aromatic heterocycles. The van der Waals surface area contributed by atoms with Crippen molar-refractivity contribution in [2.75, 3.05) is 13.1 Å². The minimum atomic E-state index is -0.363. The predicted octanol–water partition coefficient (Wildman–Crippen LogP) is 4.04. The van der Waals surface area contributed by atoms with Gasteiger partial charge in [-0.2, -0.15) is 0 Å². The summed E-state index contributed by atoms with van der Waals surface area (Å²) in [5.41, 5.74) is 2.42. The van der Waals surface area contributed by atoms with Gasteiger partial charge in [0.15, 0.2) is 0 Å². The highest BCUT2D eigenvalue weighted by Crippen LogP contribution is 2.26. The molecule has 0 aliphatic carbocycles. The zero-order valence-electron chi connectivity index (χ0n) is 14.0. The Morgan fingerprint density at radius 3 is 2.38 bits per heavy atom. The molecule has 1 saturated heterocycles. The van der Waals surface area contributed by atoms with Crippen molar-refractivity contribution >= 4 is 0 Å². The molecule has 1 N–H and O–H groups in total. The lowest BCUT2D eigenvalue weighted by atomic mass is 9.99. The zero-order chi connectivity index (χ0) is 15.4. The molecule has 21 heavy (non-hydrogen) atoms. The first-order valence-electron chi connectivity index (χ1n) is 8.48. The fraction of sp³-hybridized carbons (Fsp3) is 0.684. The topological polar surface area (TPSA) is 23.5 Å². The Hall–Kier alpha value is -0.860. The number of hydrogen-bond donors (Lipinski definition) is 1. The monoisotopic (exact) mass is 289 g/mol. The average molecular weight is 289 g/mol. The van der Waals surface area contributed by atoms with Crippen LogP contribution >= 0.6 is 0 Å². The highest BCUT2D eigenvalue weighted by molar-refractivity contribution is 5.24. The minimum absolute atomic E-state index is 0.363. The zero-order valence-corrected chi connectivity index (χ0v) is 14.0. The molecule has 2 atom stereocenters. The van der Waals surface area contributed by atoms with Crippen molar-refractivity contribution in [3.05, 3.63) is 35.4 Å². The first-order chi connectivity index (χ1) is 9.97. The van der Waals surface area contributed by atoms with Gasteiger partial charge in [-0.3, -0.25) is 4.90 Å². The third-order valence-electron chi connectivity index (χ3n) is 4.60. The Bertz CT molecular complexity index is 424. The van der Waals surface area contributed by atoms with Crippen LogP contribution in [0.2, 0.25) is 0 Å². The molecule has 1 aliphatic rings. The highest BCUT2D eigenvalue weighted by Gasteiger charge is 2.28. The molecule has 1 aliphatic heterocycles. The fourth-order valence-electron chi connectivity index (χ4n) is 3.51. The number of aliphatic hydroxyl groups is 1. The van der Waals surface area contributed by atoms with Gasteiger partial charge in [-0.1, -0.05) is 52.0 Å². The molecule has 1 aromatic rings. The largest absolute Gasteiger partial charge is 0.387 e. The van der Waals surface area contributed by atoms with E-state index in [0.717, 1.165) is 25.1 Å². The molecule has 0 bridgehead atoms. The molecule has 0 saturated carbocycles. The van der Waals surface area contributed by atoms with Crippen molar-refractivity contribution in [2.24, 2.45) is 11.8 Å². The molecular formula is C19H31NO. The highest BCUT2D eigenvalue weighted by atomic mass is 16.3. The Labute approximate surface area is 130 Å². The summed E-state index contributed by atoms with van der Waals surface area (Å²) < 4.78 is 0. The third kappa shape index (κ3) is 4.55. The second-order valence-electron chi connectivity index (χ2n) is 7.30. The molecule has 2 rings (SSSR count). The van der Waals surface area contributed by atoms with Crippen LogP contribution in [0.1, 0.15) is 57.8 Å². The van der Waals surface area contributed by atoms with Crippen LogP contribution in [-0.2, 0) is 6.42 Å². The SMILES string of the molecule is CC(C)Cc1ccc(C(O)CN2CCCC2C(C)C)cc1. The van der Waals surface area contributed by atoms with Gasteiger partial charge < -0.3 is 5.11 Å². The number of hydrogen-bond acceptors (Lipinski definition) is 2. The summed E-state index contributed by atoms with van der Waals surface area (Å²) in [6.07, 6.45) is 3.29. The van der Waals surface area contributed by atoms with Gasteiger partial charge in [-0.05, 0) is 48.8 Å². The van der Waals surface area contributed by atoms with Crippen LogP contribution in [0.25, 0.3) is 0 Å². The summed E-state index contributed by atoms with van der Waals surface area (Å²) in [4.78, 5) is 2.47. The summed E-state index contributed by atoms with van der Waals surface area (Å²) in [5, 5.41) is 10.5. The Balaban J connectivity index is 1.95. The summed E-state index contributed by atoms with van der Waals surface area (Å²) in [5.74, 6) is 1.35. The van der Waals surface area contributed by atoms with Gasteiger partial charge in [0.2, 0.25) is 0 Å². The molecule has 1 heterocycles. The second kappa shape index (κ2) is 7.42. The smallest absolute Gasteiger partial charge is 0.0917 e. The van der Waals surface area contributed by atoms with E-state index in [0.29, 0.717) is 17.9 Å². The lowest BCUT2D eigenvalue weighted by Gasteiger charge is -2.29. The molecule has 2 nitrogen and oxygen atoms in total. The molecule has 118 valence electrons. The maximum Gasteiger partial charge on any atom is 0.0917 e. The first kappa shape index (κ1) is 16.5. The number of β-amino-alcohol motifs (C(OH)–C–C–N with tert-alkyl or cyclic N) is 1. The third-order valence-corrected chi connectivity index (χ3v) is 4.60. The Kier molecular flexibility index (Phi) is 5.83. The summed E-state index contributed by atoms with van der Waals surface area (Å²) >= 11 is 0. The quantitative estimate of drug-likeness (QED) is 0.854. The van der Waals surface area contributed by atoms with Crippen LogP contribution in [0.3, 0.4) is 0 Å². The number of nitrogens with zero attached hydrogens (tertiary/aromatic N) is 1. The van der Waals surface area contributed by atoms with E-state index in [4.69, 9.17) is 0 Å². The van der Waals surface area contributed by atoms with Gasteiger partial charge in [-0.25, -0.2) is 0 Å². The maximum absolute atomic E-state index is 10.5. The molecule has 0 amide bonds. The van der Waals surface area contributed by atoms with Crippen molar-refractivity contribution in [2.45, 2.75) is 59.1 Å². The summed E-state index contributed by atoms with van der Waals surface area (Å²) in [7, 11) is 0. The number of aliphatic hydroxyl groups excluding tert-OH is 1. The number of benzene rings is 1. The van der Waals surface area contributed by atoms with Crippen molar-refractivity contribution in [1.82, 2.24) is 4.90 Å². The van der Waals surface area contributed by atoms with E-state index in [9.17, 15) is 5.11 Å². The van der Waals surface area contributed by atoms with Crippen LogP contribution in [0.15, 0.2) is 24.3 Å². The van der Waals surface area contributed by atoms with Crippen LogP contribution in [0.4, 0.5) is 0 Å². The maximum atomic E-state index is 10.5. The average Bonchev–Trinajstić information content (AvgIpc) is 2.87. The molecule has 2 unspecified atom stereocenters. The first-order valence-corrected chi connectivity index (χ1v) is 8.48. The lowest BCUT2D eigenvalue weighted by Crippen LogP contribution is -2.36. The van der Waals surface area contributed by atoms with Gasteiger partial charge >= 0.3 is 0 Å². The summed E-state index contributed by atoms with van der Waals surface area (Å²) in [6.45, 7) is 11.0. The molecule has 1 fully saturated rings. The predicted molar refractivity (Wildman–Crippen MR) is 89.4 cm³/mol. The van der Waals surface area contributed by atoms with E-state index < -0.39 is 0 Å². The van der Waals surface area contributed by atoms with Crippen LogP contribution < -0.4 is 0 Å². The van der Waals surface area contributed by atoms with Crippen molar-refractivity contribution < 1.29 is 5.11 Å². The fourth-order valence-corrected chi connectivity index (χ4v) is 3.51. The molecule has 0 radical (unpaired) electrons. The lowest BCUT2D eigenvalue weighted by molar-refractivity contribution is 0.0939. The molecule has 1 aromatic carbocycles. The van der Waals surface area contributed by atoms with Crippen LogP contribution in [0.5, 0.6) is 0 Å². The molecule has 2 heteroatoms. The van der Waals surface area contributed by atoms with E-state index in [1.807, 2.05) is 0 Å². The van der Waals surface area contributed by atoms with Crippen LogP contribution in [0, 0.1) is 11.8 Å². The van der Waals surface area contributed by atoms with Crippen molar-refractivity contribution in [1.29, 1.82) is 0 Å².